The van der Waals surface area contributed by atoms with E-state index < -0.39 is 0 Å². The van der Waals surface area contributed by atoms with Crippen molar-refractivity contribution in [3.63, 3.8) is 0 Å². The standard InChI is InChI=1S/C17H25N7/c1-18-10-12-3-2-8-24(11-12)17-19-7-6-15(21-17)20-16-9-14(22-23-16)13-4-5-13/h6-7,9,12-13,18H,2-5,8,10-11H2,1H3,(H2,19,20,21,22,23)/t12-/m1/s1. The Balaban J connectivity index is 1.44. The van der Waals surface area contributed by atoms with Crippen molar-refractivity contribution >= 4 is 17.6 Å². The van der Waals surface area contributed by atoms with Crippen LogP contribution < -0.4 is 15.5 Å². The van der Waals surface area contributed by atoms with Crippen LogP contribution in [0.3, 0.4) is 0 Å². The first-order valence-electron chi connectivity index (χ1n) is 8.87. The molecule has 0 amide bonds. The van der Waals surface area contributed by atoms with Crippen molar-refractivity contribution in [3.8, 4) is 0 Å². The molecule has 2 aromatic rings. The molecule has 1 aliphatic heterocycles. The second-order valence-electron chi connectivity index (χ2n) is 6.86. The number of H-pyrrole nitrogens is 1. The quantitative estimate of drug-likeness (QED) is 0.755. The van der Waals surface area contributed by atoms with Gasteiger partial charge in [-0.25, -0.2) is 4.98 Å². The topological polar surface area (TPSA) is 81.8 Å². The molecule has 1 saturated carbocycles. The Kier molecular flexibility index (Phi) is 4.34. The van der Waals surface area contributed by atoms with Crippen LogP contribution in [0.2, 0.25) is 0 Å². The Morgan fingerprint density at radius 1 is 1.29 bits per heavy atom. The highest BCUT2D eigenvalue weighted by molar-refractivity contribution is 5.53. The number of piperidine rings is 1. The summed E-state index contributed by atoms with van der Waals surface area (Å²) in [5, 5.41) is 14.0. The number of nitrogens with one attached hydrogen (secondary N) is 3. The maximum Gasteiger partial charge on any atom is 0.227 e. The van der Waals surface area contributed by atoms with E-state index in [0.29, 0.717) is 11.8 Å². The third-order valence-corrected chi connectivity index (χ3v) is 4.81. The summed E-state index contributed by atoms with van der Waals surface area (Å²) in [6, 6.07) is 3.98. The van der Waals surface area contributed by atoms with Crippen LogP contribution in [0.4, 0.5) is 17.6 Å². The van der Waals surface area contributed by atoms with E-state index in [1.165, 1.54) is 31.4 Å². The van der Waals surface area contributed by atoms with E-state index in [2.05, 4.69) is 41.8 Å². The number of hydrogen-bond acceptors (Lipinski definition) is 6. The largest absolute Gasteiger partial charge is 0.340 e. The first-order chi connectivity index (χ1) is 11.8. The minimum Gasteiger partial charge on any atom is -0.340 e. The van der Waals surface area contributed by atoms with Gasteiger partial charge in [0, 0.05) is 37.0 Å². The molecule has 7 heteroatoms. The van der Waals surface area contributed by atoms with Gasteiger partial charge in [-0.1, -0.05) is 0 Å². The number of aromatic nitrogens is 4. The summed E-state index contributed by atoms with van der Waals surface area (Å²) in [5.74, 6) is 3.76. The highest BCUT2D eigenvalue weighted by atomic mass is 15.3. The lowest BCUT2D eigenvalue weighted by Gasteiger charge is -2.32. The van der Waals surface area contributed by atoms with Gasteiger partial charge in [0.2, 0.25) is 5.95 Å². The summed E-state index contributed by atoms with van der Waals surface area (Å²) >= 11 is 0. The Morgan fingerprint density at radius 3 is 3.04 bits per heavy atom. The molecular formula is C17H25N7. The third kappa shape index (κ3) is 3.51. The smallest absolute Gasteiger partial charge is 0.227 e. The van der Waals surface area contributed by atoms with Gasteiger partial charge in [-0.2, -0.15) is 10.1 Å². The molecule has 3 heterocycles. The van der Waals surface area contributed by atoms with Gasteiger partial charge in [0.25, 0.3) is 0 Å². The first kappa shape index (κ1) is 15.4. The van der Waals surface area contributed by atoms with Crippen LogP contribution in [0.25, 0.3) is 0 Å². The molecule has 1 atom stereocenters. The lowest BCUT2D eigenvalue weighted by molar-refractivity contribution is 0.399. The fraction of sp³-hybridized carbons (Fsp3) is 0.588. The van der Waals surface area contributed by atoms with Crippen LogP contribution in [0, 0.1) is 5.92 Å². The summed E-state index contributed by atoms with van der Waals surface area (Å²) in [4.78, 5) is 11.4. The molecule has 1 saturated heterocycles. The van der Waals surface area contributed by atoms with Crippen molar-refractivity contribution in [2.24, 2.45) is 5.92 Å². The average molecular weight is 327 g/mol. The Morgan fingerprint density at radius 2 is 2.21 bits per heavy atom. The van der Waals surface area contributed by atoms with Gasteiger partial charge in [0.1, 0.15) is 5.82 Å². The lowest BCUT2D eigenvalue weighted by atomic mass is 9.98. The van der Waals surface area contributed by atoms with E-state index in [1.54, 1.807) is 0 Å². The summed E-state index contributed by atoms with van der Waals surface area (Å²) in [6.07, 6.45) is 6.81. The molecule has 2 fully saturated rings. The molecule has 0 radical (unpaired) electrons. The normalized spacial score (nSPS) is 21.0. The van der Waals surface area contributed by atoms with Crippen LogP contribution in [-0.2, 0) is 0 Å². The predicted molar refractivity (Wildman–Crippen MR) is 94.7 cm³/mol. The van der Waals surface area contributed by atoms with Crippen molar-refractivity contribution < 1.29 is 0 Å². The van der Waals surface area contributed by atoms with Crippen molar-refractivity contribution in [2.75, 3.05) is 36.9 Å². The second kappa shape index (κ2) is 6.76. The van der Waals surface area contributed by atoms with Gasteiger partial charge in [0.05, 0.1) is 0 Å². The summed E-state index contributed by atoms with van der Waals surface area (Å²) in [7, 11) is 2.01. The zero-order chi connectivity index (χ0) is 16.4. The fourth-order valence-electron chi connectivity index (χ4n) is 3.41. The number of rotatable bonds is 6. The maximum absolute atomic E-state index is 4.69. The van der Waals surface area contributed by atoms with Crippen molar-refractivity contribution in [2.45, 2.75) is 31.6 Å². The van der Waals surface area contributed by atoms with Crippen LogP contribution in [0.15, 0.2) is 18.3 Å². The molecule has 2 aliphatic rings. The van der Waals surface area contributed by atoms with E-state index in [9.17, 15) is 0 Å². The number of anilines is 3. The molecule has 3 N–H and O–H groups in total. The molecular weight excluding hydrogens is 302 g/mol. The van der Waals surface area contributed by atoms with E-state index in [4.69, 9.17) is 0 Å². The van der Waals surface area contributed by atoms with Gasteiger partial charge >= 0.3 is 0 Å². The van der Waals surface area contributed by atoms with Crippen molar-refractivity contribution in [1.82, 2.24) is 25.5 Å². The maximum atomic E-state index is 4.69. The van der Waals surface area contributed by atoms with Crippen LogP contribution in [0.1, 0.15) is 37.3 Å². The van der Waals surface area contributed by atoms with E-state index >= 15 is 0 Å². The van der Waals surface area contributed by atoms with Crippen molar-refractivity contribution in [3.05, 3.63) is 24.0 Å². The first-order valence-corrected chi connectivity index (χ1v) is 8.87. The van der Waals surface area contributed by atoms with E-state index in [0.717, 1.165) is 37.2 Å². The van der Waals surface area contributed by atoms with Crippen LogP contribution >= 0.6 is 0 Å². The summed E-state index contributed by atoms with van der Waals surface area (Å²) in [5.41, 5.74) is 1.22. The SMILES string of the molecule is CNC[C@H]1CCCN(c2nccc(Nc3cc(C4CC4)[nH]n3)n2)C1. The highest BCUT2D eigenvalue weighted by Crippen LogP contribution is 2.39. The molecule has 24 heavy (non-hydrogen) atoms. The molecule has 0 aromatic carbocycles. The molecule has 2 aromatic heterocycles. The number of nitrogens with zero attached hydrogens (tertiary/aromatic N) is 4. The van der Waals surface area contributed by atoms with E-state index in [-0.39, 0.29) is 0 Å². The third-order valence-electron chi connectivity index (χ3n) is 4.81. The van der Waals surface area contributed by atoms with Gasteiger partial charge in [0.15, 0.2) is 5.82 Å². The second-order valence-corrected chi connectivity index (χ2v) is 6.86. The van der Waals surface area contributed by atoms with Crippen LogP contribution in [-0.4, -0.2) is 46.8 Å². The summed E-state index contributed by atoms with van der Waals surface area (Å²) < 4.78 is 0. The van der Waals surface area contributed by atoms with Crippen molar-refractivity contribution in [1.29, 1.82) is 0 Å². The van der Waals surface area contributed by atoms with Crippen LogP contribution in [0.5, 0.6) is 0 Å². The Labute approximate surface area is 142 Å². The molecule has 7 nitrogen and oxygen atoms in total. The van der Waals surface area contributed by atoms with Gasteiger partial charge in [-0.05, 0) is 51.3 Å². The van der Waals surface area contributed by atoms with Gasteiger partial charge in [-0.15, -0.1) is 0 Å². The van der Waals surface area contributed by atoms with Gasteiger partial charge in [-0.3, -0.25) is 5.10 Å². The number of aromatic amines is 1. The lowest BCUT2D eigenvalue weighted by Crippen LogP contribution is -2.39. The molecule has 0 bridgehead atoms. The average Bonchev–Trinajstić information content (AvgIpc) is 3.36. The summed E-state index contributed by atoms with van der Waals surface area (Å²) in [6.45, 7) is 3.09. The zero-order valence-corrected chi connectivity index (χ0v) is 14.1. The molecule has 0 unspecified atom stereocenters. The van der Waals surface area contributed by atoms with Gasteiger partial charge < -0.3 is 15.5 Å². The molecule has 4 rings (SSSR count). The molecule has 0 spiro atoms. The fourth-order valence-corrected chi connectivity index (χ4v) is 3.41. The minimum atomic E-state index is 0.663. The monoisotopic (exact) mass is 327 g/mol. The minimum absolute atomic E-state index is 0.663. The molecule has 1 aliphatic carbocycles. The predicted octanol–water partition coefficient (Wildman–Crippen LogP) is 2.26. The highest BCUT2D eigenvalue weighted by Gasteiger charge is 2.25. The molecule has 128 valence electrons. The zero-order valence-electron chi connectivity index (χ0n) is 14.1. The number of hydrogen-bond donors (Lipinski definition) is 3. The Hall–Kier alpha value is -2.15. The Bertz CT molecular complexity index is 677. The van der Waals surface area contributed by atoms with E-state index in [1.807, 2.05) is 19.3 Å².